The van der Waals surface area contributed by atoms with Gasteiger partial charge in [-0.25, -0.2) is 0 Å². The monoisotopic (exact) mass is 240 g/mol. The average Bonchev–Trinajstić information content (AvgIpc) is 2.86. The van der Waals surface area contributed by atoms with E-state index < -0.39 is 0 Å². The van der Waals surface area contributed by atoms with Gasteiger partial charge in [-0.05, 0) is 44.7 Å². The first-order valence-electron chi connectivity index (χ1n) is 6.89. The molecule has 2 fully saturated rings. The summed E-state index contributed by atoms with van der Waals surface area (Å²) in [5, 5.41) is 12.4. The molecule has 0 saturated carbocycles. The van der Waals surface area contributed by atoms with E-state index in [4.69, 9.17) is 5.11 Å². The maximum absolute atomic E-state index is 12.0. The summed E-state index contributed by atoms with van der Waals surface area (Å²) in [6.45, 7) is 4.04. The van der Waals surface area contributed by atoms with Crippen molar-refractivity contribution < 1.29 is 9.90 Å². The largest absolute Gasteiger partial charge is 0.396 e. The number of nitrogens with one attached hydrogen (secondary N) is 1. The molecule has 0 aromatic rings. The van der Waals surface area contributed by atoms with Crippen molar-refractivity contribution in [2.75, 3.05) is 32.8 Å². The van der Waals surface area contributed by atoms with Crippen molar-refractivity contribution >= 4 is 5.91 Å². The molecule has 0 aromatic heterocycles. The number of carbonyl (C=O) groups is 1. The van der Waals surface area contributed by atoms with Crippen LogP contribution in [0.5, 0.6) is 0 Å². The summed E-state index contributed by atoms with van der Waals surface area (Å²) in [5.74, 6) is 1.34. The van der Waals surface area contributed by atoms with Gasteiger partial charge in [0.2, 0.25) is 5.91 Å². The van der Waals surface area contributed by atoms with E-state index in [2.05, 4.69) is 5.32 Å². The van der Waals surface area contributed by atoms with E-state index in [1.807, 2.05) is 4.90 Å². The predicted molar refractivity (Wildman–Crippen MR) is 66.6 cm³/mol. The molecule has 0 bridgehead atoms. The van der Waals surface area contributed by atoms with Crippen LogP contribution in [0.2, 0.25) is 0 Å². The number of carbonyl (C=O) groups excluding carboxylic acids is 1. The molecule has 2 N–H and O–H groups in total. The third-order valence-corrected chi connectivity index (χ3v) is 4.12. The Balaban J connectivity index is 1.66. The van der Waals surface area contributed by atoms with Gasteiger partial charge < -0.3 is 15.3 Å². The molecule has 17 heavy (non-hydrogen) atoms. The average molecular weight is 240 g/mol. The van der Waals surface area contributed by atoms with Crippen molar-refractivity contribution in [3.05, 3.63) is 0 Å². The van der Waals surface area contributed by atoms with Crippen molar-refractivity contribution in [3.63, 3.8) is 0 Å². The van der Waals surface area contributed by atoms with Gasteiger partial charge in [-0.3, -0.25) is 4.79 Å². The number of aliphatic hydroxyl groups is 1. The fourth-order valence-corrected chi connectivity index (χ4v) is 2.86. The van der Waals surface area contributed by atoms with E-state index in [-0.39, 0.29) is 6.61 Å². The van der Waals surface area contributed by atoms with Crippen molar-refractivity contribution in [3.8, 4) is 0 Å². The van der Waals surface area contributed by atoms with Gasteiger partial charge in [0.15, 0.2) is 0 Å². The number of hydrogen-bond donors (Lipinski definition) is 2. The second-order valence-corrected chi connectivity index (χ2v) is 5.41. The van der Waals surface area contributed by atoms with Gasteiger partial charge in [-0.1, -0.05) is 0 Å². The van der Waals surface area contributed by atoms with E-state index >= 15 is 0 Å². The Morgan fingerprint density at radius 2 is 2.00 bits per heavy atom. The van der Waals surface area contributed by atoms with Crippen molar-refractivity contribution in [1.82, 2.24) is 10.2 Å². The zero-order valence-electron chi connectivity index (χ0n) is 10.5. The van der Waals surface area contributed by atoms with Crippen LogP contribution in [0.1, 0.15) is 32.1 Å². The molecule has 2 aliphatic heterocycles. The standard InChI is InChI=1S/C13H24N2O2/c16-10-12-5-8-15(9-12)13(17)2-1-11-3-6-14-7-4-11/h11-12,14,16H,1-10H2. The summed E-state index contributed by atoms with van der Waals surface area (Å²) in [6, 6.07) is 0. The summed E-state index contributed by atoms with van der Waals surface area (Å²) in [6.07, 6.45) is 5.14. The molecule has 98 valence electrons. The molecular weight excluding hydrogens is 216 g/mol. The quantitative estimate of drug-likeness (QED) is 0.757. The number of aliphatic hydroxyl groups excluding tert-OH is 1. The number of likely N-dealkylation sites (tertiary alicyclic amines) is 1. The van der Waals surface area contributed by atoms with Crippen molar-refractivity contribution in [1.29, 1.82) is 0 Å². The molecule has 4 heteroatoms. The van der Waals surface area contributed by atoms with Crippen LogP contribution in [0.4, 0.5) is 0 Å². The Hall–Kier alpha value is -0.610. The van der Waals surface area contributed by atoms with Crippen molar-refractivity contribution in [2.24, 2.45) is 11.8 Å². The highest BCUT2D eigenvalue weighted by atomic mass is 16.3. The highest BCUT2D eigenvalue weighted by Gasteiger charge is 2.25. The minimum absolute atomic E-state index is 0.220. The highest BCUT2D eigenvalue weighted by Crippen LogP contribution is 2.21. The lowest BCUT2D eigenvalue weighted by Crippen LogP contribution is -2.31. The zero-order valence-corrected chi connectivity index (χ0v) is 10.5. The maximum Gasteiger partial charge on any atom is 0.222 e. The first-order valence-corrected chi connectivity index (χ1v) is 6.89. The second-order valence-electron chi connectivity index (χ2n) is 5.41. The first-order chi connectivity index (χ1) is 8.29. The molecule has 4 nitrogen and oxygen atoms in total. The van der Waals surface area contributed by atoms with E-state index in [9.17, 15) is 4.79 Å². The van der Waals surface area contributed by atoms with Crippen LogP contribution in [0, 0.1) is 11.8 Å². The van der Waals surface area contributed by atoms with Gasteiger partial charge in [0.1, 0.15) is 0 Å². The molecule has 0 radical (unpaired) electrons. The molecule has 0 aromatic carbocycles. The molecule has 0 spiro atoms. The molecule has 1 amide bonds. The Kier molecular flexibility index (Phi) is 4.80. The Bertz CT molecular complexity index is 252. The minimum Gasteiger partial charge on any atom is -0.396 e. The Labute approximate surface area is 103 Å². The van der Waals surface area contributed by atoms with Crippen LogP contribution >= 0.6 is 0 Å². The lowest BCUT2D eigenvalue weighted by atomic mass is 9.93. The molecule has 2 aliphatic rings. The fraction of sp³-hybridized carbons (Fsp3) is 0.923. The van der Waals surface area contributed by atoms with E-state index in [1.165, 1.54) is 12.8 Å². The minimum atomic E-state index is 0.220. The Morgan fingerprint density at radius 1 is 1.24 bits per heavy atom. The summed E-state index contributed by atoms with van der Waals surface area (Å²) in [5.41, 5.74) is 0. The van der Waals surface area contributed by atoms with Gasteiger partial charge in [0.25, 0.3) is 0 Å². The third-order valence-electron chi connectivity index (χ3n) is 4.12. The molecular formula is C13H24N2O2. The third kappa shape index (κ3) is 3.68. The molecule has 2 saturated heterocycles. The van der Waals surface area contributed by atoms with E-state index in [0.29, 0.717) is 18.2 Å². The smallest absolute Gasteiger partial charge is 0.222 e. The molecule has 0 aliphatic carbocycles. The predicted octanol–water partition coefficient (Wildman–Crippen LogP) is 0.607. The Morgan fingerprint density at radius 3 is 2.65 bits per heavy atom. The van der Waals surface area contributed by atoms with Crippen LogP contribution in [-0.2, 0) is 4.79 Å². The van der Waals surface area contributed by atoms with Gasteiger partial charge in [-0.15, -0.1) is 0 Å². The fourth-order valence-electron chi connectivity index (χ4n) is 2.86. The maximum atomic E-state index is 12.0. The molecule has 2 heterocycles. The molecule has 2 rings (SSSR count). The lowest BCUT2D eigenvalue weighted by molar-refractivity contribution is -0.130. The van der Waals surface area contributed by atoms with E-state index in [0.717, 1.165) is 44.9 Å². The van der Waals surface area contributed by atoms with Crippen LogP contribution in [0.3, 0.4) is 0 Å². The summed E-state index contributed by atoms with van der Waals surface area (Å²) >= 11 is 0. The number of piperidine rings is 1. The first kappa shape index (κ1) is 12.8. The van der Waals surface area contributed by atoms with Crippen molar-refractivity contribution in [2.45, 2.75) is 32.1 Å². The SMILES string of the molecule is O=C(CCC1CCNCC1)N1CCC(CO)C1. The second kappa shape index (κ2) is 6.36. The zero-order chi connectivity index (χ0) is 12.1. The summed E-state index contributed by atoms with van der Waals surface area (Å²) in [4.78, 5) is 13.9. The van der Waals surface area contributed by atoms with E-state index in [1.54, 1.807) is 0 Å². The van der Waals surface area contributed by atoms with Crippen LogP contribution in [0.25, 0.3) is 0 Å². The van der Waals surface area contributed by atoms with Crippen LogP contribution in [-0.4, -0.2) is 48.7 Å². The van der Waals surface area contributed by atoms with Gasteiger partial charge in [-0.2, -0.15) is 0 Å². The van der Waals surface area contributed by atoms with Crippen LogP contribution in [0.15, 0.2) is 0 Å². The van der Waals surface area contributed by atoms with Gasteiger partial charge in [0.05, 0.1) is 0 Å². The molecule has 1 unspecified atom stereocenters. The van der Waals surface area contributed by atoms with Gasteiger partial charge in [0, 0.05) is 32.0 Å². The number of rotatable bonds is 4. The summed E-state index contributed by atoms with van der Waals surface area (Å²) in [7, 11) is 0. The lowest BCUT2D eigenvalue weighted by Gasteiger charge is -2.23. The summed E-state index contributed by atoms with van der Waals surface area (Å²) < 4.78 is 0. The highest BCUT2D eigenvalue weighted by molar-refractivity contribution is 5.76. The van der Waals surface area contributed by atoms with Gasteiger partial charge >= 0.3 is 0 Å². The number of hydrogen-bond acceptors (Lipinski definition) is 3. The number of nitrogens with zero attached hydrogens (tertiary/aromatic N) is 1. The topological polar surface area (TPSA) is 52.6 Å². The number of amides is 1. The van der Waals surface area contributed by atoms with Crippen LogP contribution < -0.4 is 5.32 Å². The molecule has 1 atom stereocenters. The normalized spacial score (nSPS) is 26.4.